The lowest BCUT2D eigenvalue weighted by atomic mass is 10.2. The first-order valence-corrected chi connectivity index (χ1v) is 9.42. The highest BCUT2D eigenvalue weighted by molar-refractivity contribution is 7.99. The number of nitrogen functional groups attached to an aromatic ring is 1. The van der Waals surface area contributed by atoms with Gasteiger partial charge in [0.25, 0.3) is 5.95 Å². The molecule has 0 aliphatic heterocycles. The van der Waals surface area contributed by atoms with Crippen molar-refractivity contribution < 1.29 is 4.79 Å². The molecule has 10 heteroatoms. The minimum absolute atomic E-state index is 0.150. The Bertz CT molecular complexity index is 986. The van der Waals surface area contributed by atoms with Crippen molar-refractivity contribution in [1.29, 1.82) is 0 Å². The van der Waals surface area contributed by atoms with Gasteiger partial charge in [-0.05, 0) is 37.6 Å². The van der Waals surface area contributed by atoms with E-state index in [1.54, 1.807) is 12.4 Å². The van der Waals surface area contributed by atoms with Gasteiger partial charge in [0.1, 0.15) is 0 Å². The fourth-order valence-corrected chi connectivity index (χ4v) is 2.93. The number of benzene rings is 1. The largest absolute Gasteiger partial charge is 0.334 e. The van der Waals surface area contributed by atoms with Crippen LogP contribution in [0.15, 0.2) is 59.0 Å². The number of amides is 1. The second-order valence-corrected chi connectivity index (χ2v) is 6.82. The van der Waals surface area contributed by atoms with Gasteiger partial charge < -0.3 is 11.2 Å². The van der Waals surface area contributed by atoms with Crippen molar-refractivity contribution in [2.24, 2.45) is 5.10 Å². The summed E-state index contributed by atoms with van der Waals surface area (Å²) >= 11 is 1.19. The van der Waals surface area contributed by atoms with Crippen LogP contribution in [-0.4, -0.2) is 37.2 Å². The zero-order chi connectivity index (χ0) is 19.9. The van der Waals surface area contributed by atoms with E-state index in [0.717, 1.165) is 22.5 Å². The number of pyridine rings is 1. The van der Waals surface area contributed by atoms with Gasteiger partial charge in [0.05, 0.1) is 11.5 Å². The average molecular weight is 396 g/mol. The summed E-state index contributed by atoms with van der Waals surface area (Å²) in [5, 5.41) is 15.5. The fraction of sp³-hybridized carbons (Fsp3) is 0.167. The van der Waals surface area contributed by atoms with Gasteiger partial charge in [-0.3, -0.25) is 9.78 Å². The van der Waals surface area contributed by atoms with E-state index < -0.39 is 0 Å². The molecule has 0 saturated carbocycles. The first kappa shape index (κ1) is 19.4. The van der Waals surface area contributed by atoms with Crippen LogP contribution in [0.5, 0.6) is 0 Å². The normalized spacial score (nSPS) is 11.3. The molecule has 3 rings (SSSR count). The van der Waals surface area contributed by atoms with Crippen LogP contribution in [0.1, 0.15) is 18.1 Å². The number of hydrazone groups is 1. The topological polar surface area (TPSA) is 123 Å². The Morgan fingerprint density at radius 1 is 1.21 bits per heavy atom. The minimum Gasteiger partial charge on any atom is -0.334 e. The van der Waals surface area contributed by atoms with Crippen molar-refractivity contribution in [3.05, 3.63) is 59.9 Å². The van der Waals surface area contributed by atoms with E-state index in [1.165, 1.54) is 16.4 Å². The van der Waals surface area contributed by atoms with E-state index in [0.29, 0.717) is 5.16 Å². The third kappa shape index (κ3) is 4.86. The van der Waals surface area contributed by atoms with Gasteiger partial charge in [-0.1, -0.05) is 30.0 Å². The Morgan fingerprint density at radius 3 is 2.71 bits per heavy atom. The molecule has 144 valence electrons. The van der Waals surface area contributed by atoms with Crippen molar-refractivity contribution in [1.82, 2.24) is 19.9 Å². The summed E-state index contributed by atoms with van der Waals surface area (Å²) in [5.41, 5.74) is 6.24. The molecule has 0 bridgehead atoms. The van der Waals surface area contributed by atoms with Crippen molar-refractivity contribution in [3.63, 3.8) is 0 Å². The van der Waals surface area contributed by atoms with Crippen molar-refractivity contribution >= 4 is 35.0 Å². The Balaban J connectivity index is 1.57. The van der Waals surface area contributed by atoms with Gasteiger partial charge in [-0.25, -0.2) is 10.1 Å². The molecule has 2 heterocycles. The van der Waals surface area contributed by atoms with Gasteiger partial charge in [0.15, 0.2) is 0 Å². The summed E-state index contributed by atoms with van der Waals surface area (Å²) in [6.45, 7) is 3.79. The summed E-state index contributed by atoms with van der Waals surface area (Å²) in [5.74, 6) is 6.27. The number of para-hydroxylation sites is 1. The van der Waals surface area contributed by atoms with Crippen LogP contribution >= 0.6 is 11.8 Å². The first-order valence-electron chi connectivity index (χ1n) is 8.44. The molecule has 0 unspecified atom stereocenters. The molecule has 1 aromatic carbocycles. The number of hydrogen-bond donors (Lipinski definition) is 3. The molecule has 0 radical (unpaired) electrons. The molecule has 0 aliphatic carbocycles. The molecular weight excluding hydrogens is 376 g/mol. The number of anilines is 2. The highest BCUT2D eigenvalue weighted by atomic mass is 32.2. The highest BCUT2D eigenvalue weighted by Crippen LogP contribution is 2.18. The number of rotatable bonds is 7. The third-order valence-electron chi connectivity index (χ3n) is 3.84. The first-order chi connectivity index (χ1) is 13.5. The number of carbonyl (C=O) groups excluding carboxylic acids is 1. The van der Waals surface area contributed by atoms with E-state index in [4.69, 9.17) is 5.84 Å². The molecule has 3 aromatic rings. The number of nitrogens with two attached hydrogens (primary N) is 1. The van der Waals surface area contributed by atoms with Crippen molar-refractivity contribution in [2.45, 2.75) is 19.0 Å². The Morgan fingerprint density at radius 2 is 1.96 bits per heavy atom. The maximum atomic E-state index is 12.2. The lowest BCUT2D eigenvalue weighted by molar-refractivity contribution is -0.113. The monoisotopic (exact) mass is 396 g/mol. The molecule has 2 aromatic heterocycles. The molecular formula is C18H20N8OS. The number of thioether (sulfide) groups is 1. The summed E-state index contributed by atoms with van der Waals surface area (Å²) in [6, 6.07) is 11.3. The molecule has 4 N–H and O–H groups in total. The number of aromatic nitrogens is 4. The third-order valence-corrected chi connectivity index (χ3v) is 4.78. The van der Waals surface area contributed by atoms with Crippen molar-refractivity contribution in [2.75, 3.05) is 22.3 Å². The van der Waals surface area contributed by atoms with Crippen molar-refractivity contribution in [3.8, 4) is 0 Å². The second kappa shape index (κ2) is 9.00. The molecule has 28 heavy (non-hydrogen) atoms. The van der Waals surface area contributed by atoms with Crippen LogP contribution in [0.4, 0.5) is 11.6 Å². The average Bonchev–Trinajstić information content (AvgIpc) is 3.06. The maximum Gasteiger partial charge on any atom is 0.264 e. The summed E-state index contributed by atoms with van der Waals surface area (Å²) < 4.78 is 1.26. The lowest BCUT2D eigenvalue weighted by Crippen LogP contribution is -2.17. The maximum absolute atomic E-state index is 12.2. The highest BCUT2D eigenvalue weighted by Gasteiger charge is 2.12. The van der Waals surface area contributed by atoms with Gasteiger partial charge >= 0.3 is 0 Å². The number of aryl methyl sites for hydroxylation is 1. The number of hydrogen-bond acceptors (Lipinski definition) is 8. The van der Waals surface area contributed by atoms with Crippen LogP contribution in [0, 0.1) is 6.92 Å². The van der Waals surface area contributed by atoms with Crippen LogP contribution < -0.4 is 16.6 Å². The minimum atomic E-state index is -0.150. The number of carbonyl (C=O) groups is 1. The van der Waals surface area contributed by atoms with Gasteiger partial charge in [0, 0.05) is 23.6 Å². The molecule has 9 nitrogen and oxygen atoms in total. The Labute approximate surface area is 166 Å². The standard InChI is InChI=1S/C18H20N8OS/c1-12-5-3-4-6-15(12)21-16(27)11-28-18-25-24-17(26(18)19)23-22-13(2)14-7-9-20-10-8-14/h3-10H,11,19H2,1-2H3,(H,21,27)(H,23,24)/b22-13+. The number of nitrogens with one attached hydrogen (secondary N) is 2. The molecule has 0 fully saturated rings. The van der Waals surface area contributed by atoms with Gasteiger partial charge in [-0.2, -0.15) is 5.10 Å². The van der Waals surface area contributed by atoms with Crippen LogP contribution in [0.3, 0.4) is 0 Å². The molecule has 0 atom stereocenters. The zero-order valence-corrected chi connectivity index (χ0v) is 16.3. The summed E-state index contributed by atoms with van der Waals surface area (Å²) in [6.07, 6.45) is 3.38. The van der Waals surface area contributed by atoms with E-state index in [1.807, 2.05) is 50.2 Å². The molecule has 0 spiro atoms. The zero-order valence-electron chi connectivity index (χ0n) is 15.5. The van der Waals surface area contributed by atoms with E-state index in [9.17, 15) is 4.79 Å². The molecule has 1 amide bonds. The molecule has 0 saturated heterocycles. The Hall–Kier alpha value is -3.40. The SMILES string of the molecule is C/C(=N\Nc1nnc(SCC(=O)Nc2ccccc2C)n1N)c1ccncc1. The van der Waals surface area contributed by atoms with Crippen LogP contribution in [-0.2, 0) is 4.79 Å². The second-order valence-electron chi connectivity index (χ2n) is 5.87. The van der Waals surface area contributed by atoms with Crippen LogP contribution in [0.2, 0.25) is 0 Å². The lowest BCUT2D eigenvalue weighted by Gasteiger charge is -2.07. The molecule has 0 aliphatic rings. The Kier molecular flexibility index (Phi) is 6.22. The van der Waals surface area contributed by atoms with E-state index in [-0.39, 0.29) is 17.6 Å². The number of nitrogens with zero attached hydrogens (tertiary/aromatic N) is 5. The van der Waals surface area contributed by atoms with E-state index >= 15 is 0 Å². The van der Waals surface area contributed by atoms with E-state index in [2.05, 4.69) is 31.0 Å². The van der Waals surface area contributed by atoms with Gasteiger partial charge in [0.2, 0.25) is 11.1 Å². The van der Waals surface area contributed by atoms with Gasteiger partial charge in [-0.15, -0.1) is 10.2 Å². The fourth-order valence-electron chi connectivity index (χ4n) is 2.27. The quantitative estimate of drug-likeness (QED) is 0.242. The smallest absolute Gasteiger partial charge is 0.264 e. The summed E-state index contributed by atoms with van der Waals surface area (Å²) in [4.78, 5) is 16.1. The van der Waals surface area contributed by atoms with Crippen LogP contribution in [0.25, 0.3) is 0 Å². The predicted octanol–water partition coefficient (Wildman–Crippen LogP) is 2.26. The summed E-state index contributed by atoms with van der Waals surface area (Å²) in [7, 11) is 0. The predicted molar refractivity (Wildman–Crippen MR) is 111 cm³/mol.